The Kier molecular flexibility index (Phi) is 6.13. The van der Waals surface area contributed by atoms with Gasteiger partial charge < -0.3 is 10.1 Å². The van der Waals surface area contributed by atoms with E-state index >= 15 is 0 Å². The maximum Gasteiger partial charge on any atom is 0.328 e. The van der Waals surface area contributed by atoms with E-state index < -0.39 is 23.7 Å². The van der Waals surface area contributed by atoms with Gasteiger partial charge in [0.25, 0.3) is 5.91 Å². The number of rotatable bonds is 5. The number of nitrogens with one attached hydrogen (secondary N) is 1. The van der Waals surface area contributed by atoms with Crippen LogP contribution in [0.3, 0.4) is 0 Å². The highest BCUT2D eigenvalue weighted by Gasteiger charge is 2.27. The van der Waals surface area contributed by atoms with Crippen molar-refractivity contribution in [2.24, 2.45) is 5.92 Å². The third kappa shape index (κ3) is 3.79. The lowest BCUT2D eigenvalue weighted by Crippen LogP contribution is -2.45. The average Bonchev–Trinajstić information content (AvgIpc) is 2.45. The quantitative estimate of drug-likeness (QED) is 0.834. The summed E-state index contributed by atoms with van der Waals surface area (Å²) >= 11 is 3.03. The predicted molar refractivity (Wildman–Crippen MR) is 76.8 cm³/mol. The molecule has 0 aliphatic carbocycles. The van der Waals surface area contributed by atoms with Gasteiger partial charge in [-0.25, -0.2) is 9.18 Å². The molecule has 110 valence electrons. The largest absolute Gasteiger partial charge is 0.467 e. The van der Waals surface area contributed by atoms with Crippen LogP contribution in [0.2, 0.25) is 0 Å². The first-order valence-electron chi connectivity index (χ1n) is 6.25. The Labute approximate surface area is 125 Å². The smallest absolute Gasteiger partial charge is 0.328 e. The molecule has 0 saturated heterocycles. The first kappa shape index (κ1) is 16.6. The molecule has 0 fully saturated rings. The molecule has 1 rings (SSSR count). The zero-order chi connectivity index (χ0) is 15.3. The number of esters is 1. The van der Waals surface area contributed by atoms with Gasteiger partial charge >= 0.3 is 5.97 Å². The van der Waals surface area contributed by atoms with Crippen LogP contribution in [0.1, 0.15) is 30.6 Å². The summed E-state index contributed by atoms with van der Waals surface area (Å²) in [5, 5.41) is 2.59. The van der Waals surface area contributed by atoms with Crippen LogP contribution in [-0.4, -0.2) is 25.0 Å². The van der Waals surface area contributed by atoms with Gasteiger partial charge in [0, 0.05) is 0 Å². The molecule has 1 amide bonds. The summed E-state index contributed by atoms with van der Waals surface area (Å²) in [4.78, 5) is 23.9. The normalized spacial score (nSPS) is 13.4. The number of hydrogen-bond donors (Lipinski definition) is 1. The van der Waals surface area contributed by atoms with E-state index in [-0.39, 0.29) is 16.0 Å². The third-order valence-corrected chi connectivity index (χ3v) is 3.96. The van der Waals surface area contributed by atoms with Crippen LogP contribution in [0.5, 0.6) is 0 Å². The van der Waals surface area contributed by atoms with Crippen molar-refractivity contribution in [1.82, 2.24) is 5.32 Å². The minimum atomic E-state index is -0.757. The number of halogens is 2. The van der Waals surface area contributed by atoms with E-state index in [1.165, 1.54) is 25.3 Å². The van der Waals surface area contributed by atoms with E-state index in [1.807, 2.05) is 13.8 Å². The minimum Gasteiger partial charge on any atom is -0.467 e. The molecular formula is C14H17BrFNO3. The van der Waals surface area contributed by atoms with Crippen LogP contribution in [0.4, 0.5) is 4.39 Å². The highest BCUT2D eigenvalue weighted by atomic mass is 79.9. The summed E-state index contributed by atoms with van der Waals surface area (Å²) < 4.78 is 18.2. The summed E-state index contributed by atoms with van der Waals surface area (Å²) in [7, 11) is 1.27. The fourth-order valence-electron chi connectivity index (χ4n) is 1.69. The van der Waals surface area contributed by atoms with Gasteiger partial charge in [0.15, 0.2) is 0 Å². The Hall–Kier alpha value is -1.43. The molecule has 0 radical (unpaired) electrons. The van der Waals surface area contributed by atoms with E-state index in [9.17, 15) is 14.0 Å². The Morgan fingerprint density at radius 3 is 2.65 bits per heavy atom. The van der Waals surface area contributed by atoms with Crippen molar-refractivity contribution in [1.29, 1.82) is 0 Å². The van der Waals surface area contributed by atoms with E-state index in [0.717, 1.165) is 0 Å². The van der Waals surface area contributed by atoms with Gasteiger partial charge in [-0.15, -0.1) is 0 Å². The number of methoxy groups -OCH3 is 1. The standard InChI is InChI=1S/C14H17BrFNO3/c1-4-8(2)12(14(19)20-3)17-13(18)9-6-5-7-10(16)11(9)15/h5-8,12H,4H2,1-3H3,(H,17,18). The fraction of sp³-hybridized carbons (Fsp3) is 0.429. The van der Waals surface area contributed by atoms with Crippen molar-refractivity contribution in [2.45, 2.75) is 26.3 Å². The predicted octanol–water partition coefficient (Wildman–Crippen LogP) is 2.91. The molecule has 0 aliphatic rings. The zero-order valence-corrected chi connectivity index (χ0v) is 13.2. The number of carbonyl (C=O) groups excluding carboxylic acids is 2. The molecule has 0 spiro atoms. The molecule has 0 aromatic heterocycles. The fourth-order valence-corrected chi connectivity index (χ4v) is 2.14. The number of benzene rings is 1. The molecule has 0 aliphatic heterocycles. The third-order valence-electron chi connectivity index (χ3n) is 3.15. The van der Waals surface area contributed by atoms with E-state index in [2.05, 4.69) is 26.0 Å². The van der Waals surface area contributed by atoms with Crippen molar-refractivity contribution in [2.75, 3.05) is 7.11 Å². The maximum absolute atomic E-state index is 13.4. The van der Waals surface area contributed by atoms with Gasteiger partial charge in [0.2, 0.25) is 0 Å². The Bertz CT molecular complexity index is 507. The number of hydrogen-bond acceptors (Lipinski definition) is 3. The second kappa shape index (κ2) is 7.38. The summed E-state index contributed by atoms with van der Waals surface area (Å²) in [6.45, 7) is 3.74. The van der Waals surface area contributed by atoms with Gasteiger partial charge in [-0.3, -0.25) is 4.79 Å². The van der Waals surface area contributed by atoms with Gasteiger partial charge in [-0.05, 0) is 34.0 Å². The van der Waals surface area contributed by atoms with Crippen molar-refractivity contribution in [3.05, 3.63) is 34.1 Å². The SMILES string of the molecule is CCC(C)C(NC(=O)c1cccc(F)c1Br)C(=O)OC. The first-order valence-corrected chi connectivity index (χ1v) is 7.04. The molecular weight excluding hydrogens is 329 g/mol. The van der Waals surface area contributed by atoms with E-state index in [1.54, 1.807) is 0 Å². The molecule has 20 heavy (non-hydrogen) atoms. The van der Waals surface area contributed by atoms with Gasteiger partial charge in [0.1, 0.15) is 11.9 Å². The molecule has 0 saturated carbocycles. The highest BCUT2D eigenvalue weighted by molar-refractivity contribution is 9.10. The lowest BCUT2D eigenvalue weighted by Gasteiger charge is -2.22. The van der Waals surface area contributed by atoms with E-state index in [4.69, 9.17) is 0 Å². The van der Waals surface area contributed by atoms with Crippen LogP contribution in [0, 0.1) is 11.7 Å². The molecule has 4 nitrogen and oxygen atoms in total. The molecule has 0 heterocycles. The first-order chi connectivity index (χ1) is 9.42. The van der Waals surface area contributed by atoms with Crippen molar-refractivity contribution >= 4 is 27.8 Å². The second-order valence-electron chi connectivity index (χ2n) is 4.46. The summed E-state index contributed by atoms with van der Waals surface area (Å²) in [5.41, 5.74) is 0.141. The van der Waals surface area contributed by atoms with Crippen LogP contribution in [0.25, 0.3) is 0 Å². The zero-order valence-electron chi connectivity index (χ0n) is 11.6. The van der Waals surface area contributed by atoms with Crippen LogP contribution in [-0.2, 0) is 9.53 Å². The number of ether oxygens (including phenoxy) is 1. The lowest BCUT2D eigenvalue weighted by atomic mass is 9.99. The van der Waals surface area contributed by atoms with Crippen LogP contribution in [0.15, 0.2) is 22.7 Å². The summed E-state index contributed by atoms with van der Waals surface area (Å²) in [6.07, 6.45) is 0.699. The number of carbonyl (C=O) groups is 2. The highest BCUT2D eigenvalue weighted by Crippen LogP contribution is 2.21. The molecule has 1 aromatic rings. The molecule has 6 heteroatoms. The molecule has 1 aromatic carbocycles. The van der Waals surface area contributed by atoms with Gasteiger partial charge in [-0.2, -0.15) is 0 Å². The van der Waals surface area contributed by atoms with Gasteiger partial charge in [0.05, 0.1) is 17.1 Å². The van der Waals surface area contributed by atoms with Crippen molar-refractivity contribution < 1.29 is 18.7 Å². The second-order valence-corrected chi connectivity index (χ2v) is 5.25. The summed E-state index contributed by atoms with van der Waals surface area (Å²) in [5.74, 6) is -1.65. The Morgan fingerprint density at radius 2 is 2.10 bits per heavy atom. The average molecular weight is 346 g/mol. The Balaban J connectivity index is 2.96. The molecule has 0 bridgehead atoms. The lowest BCUT2D eigenvalue weighted by molar-refractivity contribution is -0.144. The molecule has 2 atom stereocenters. The number of amides is 1. The van der Waals surface area contributed by atoms with Gasteiger partial charge in [-0.1, -0.05) is 26.3 Å². The van der Waals surface area contributed by atoms with Crippen molar-refractivity contribution in [3.63, 3.8) is 0 Å². The maximum atomic E-state index is 13.4. The van der Waals surface area contributed by atoms with Crippen LogP contribution >= 0.6 is 15.9 Å². The molecule has 2 unspecified atom stereocenters. The Morgan fingerprint density at radius 1 is 1.45 bits per heavy atom. The monoisotopic (exact) mass is 345 g/mol. The van der Waals surface area contributed by atoms with E-state index in [0.29, 0.717) is 6.42 Å². The molecule has 1 N–H and O–H groups in total. The minimum absolute atomic E-state index is 0.0743. The van der Waals surface area contributed by atoms with Crippen LogP contribution < -0.4 is 5.32 Å². The summed E-state index contributed by atoms with van der Waals surface area (Å²) in [6, 6.07) is 3.40. The topological polar surface area (TPSA) is 55.4 Å². The van der Waals surface area contributed by atoms with Crippen molar-refractivity contribution in [3.8, 4) is 0 Å².